The minimum atomic E-state index is -0.630. The van der Waals surface area contributed by atoms with Crippen molar-refractivity contribution in [1.82, 2.24) is 14.8 Å². The predicted molar refractivity (Wildman–Crippen MR) is 108 cm³/mol. The highest BCUT2D eigenvalue weighted by Crippen LogP contribution is 2.35. The summed E-state index contributed by atoms with van der Waals surface area (Å²) in [6.07, 6.45) is 3.71. The van der Waals surface area contributed by atoms with Crippen molar-refractivity contribution in [3.8, 4) is 0 Å². The Morgan fingerprint density at radius 1 is 1.43 bits per heavy atom. The summed E-state index contributed by atoms with van der Waals surface area (Å²) in [4.78, 5) is 15.9. The second-order valence-corrected chi connectivity index (χ2v) is 6.72. The first-order valence-corrected chi connectivity index (χ1v) is 9.01. The first-order chi connectivity index (χ1) is 13.3. The van der Waals surface area contributed by atoms with Gasteiger partial charge in [0.25, 0.3) is 5.91 Å². The maximum absolute atomic E-state index is 15.4. The zero-order valence-corrected chi connectivity index (χ0v) is 16.0. The molecule has 3 aromatic rings. The van der Waals surface area contributed by atoms with E-state index in [1.165, 1.54) is 12.4 Å². The van der Waals surface area contributed by atoms with Crippen LogP contribution in [0.2, 0.25) is 0 Å². The summed E-state index contributed by atoms with van der Waals surface area (Å²) in [5, 5.41) is 10.7. The van der Waals surface area contributed by atoms with Crippen LogP contribution in [-0.2, 0) is 7.05 Å². The lowest BCUT2D eigenvalue weighted by Crippen LogP contribution is -2.37. The molecule has 0 spiro atoms. The van der Waals surface area contributed by atoms with Crippen LogP contribution in [0.25, 0.3) is 10.9 Å². The minimum absolute atomic E-state index is 0.150. The molecule has 0 fully saturated rings. The fourth-order valence-electron chi connectivity index (χ4n) is 3.11. The van der Waals surface area contributed by atoms with Gasteiger partial charge >= 0.3 is 0 Å². The molecule has 0 aliphatic heterocycles. The molecule has 1 amide bonds. The number of nitrogens with two attached hydrogens (primary N) is 2. The molecule has 0 saturated carbocycles. The van der Waals surface area contributed by atoms with Crippen LogP contribution in [-0.4, -0.2) is 32.8 Å². The number of anilines is 3. The Balaban J connectivity index is 2.15. The summed E-state index contributed by atoms with van der Waals surface area (Å²) in [7, 11) is 1.73. The number of aromatic nitrogens is 3. The van der Waals surface area contributed by atoms with Crippen LogP contribution in [0.15, 0.2) is 30.6 Å². The van der Waals surface area contributed by atoms with Gasteiger partial charge in [0.15, 0.2) is 5.82 Å². The van der Waals surface area contributed by atoms with Crippen LogP contribution in [0.1, 0.15) is 30.6 Å². The lowest BCUT2D eigenvalue weighted by Gasteiger charge is -2.24. The molecule has 8 nitrogen and oxygen atoms in total. The Morgan fingerprint density at radius 2 is 2.18 bits per heavy atom. The van der Waals surface area contributed by atoms with E-state index in [0.29, 0.717) is 23.0 Å². The summed E-state index contributed by atoms with van der Waals surface area (Å²) >= 11 is 0. The van der Waals surface area contributed by atoms with Crippen molar-refractivity contribution in [1.29, 1.82) is 0 Å². The average molecular weight is 385 g/mol. The minimum Gasteiger partial charge on any atom is -0.377 e. The molecule has 9 heteroatoms. The van der Waals surface area contributed by atoms with Gasteiger partial charge in [0.05, 0.1) is 34.0 Å². The van der Waals surface area contributed by atoms with Crippen molar-refractivity contribution < 1.29 is 9.18 Å². The number of amides is 1. The highest BCUT2D eigenvalue weighted by atomic mass is 19.1. The Bertz CT molecular complexity index is 1010. The molecule has 0 unspecified atom stereocenters. The van der Waals surface area contributed by atoms with Crippen molar-refractivity contribution in [3.05, 3.63) is 42.0 Å². The van der Waals surface area contributed by atoms with E-state index in [1.807, 2.05) is 13.8 Å². The van der Waals surface area contributed by atoms with Crippen LogP contribution in [0.3, 0.4) is 0 Å². The van der Waals surface area contributed by atoms with Gasteiger partial charge in [0, 0.05) is 25.3 Å². The molecule has 6 N–H and O–H groups in total. The number of aryl methyl sites for hydroxylation is 1. The maximum atomic E-state index is 15.4. The van der Waals surface area contributed by atoms with E-state index in [9.17, 15) is 4.79 Å². The molecule has 0 radical (unpaired) electrons. The van der Waals surface area contributed by atoms with Gasteiger partial charge in [-0.15, -0.1) is 0 Å². The lowest BCUT2D eigenvalue weighted by atomic mass is 10.1. The lowest BCUT2D eigenvalue weighted by molar-refractivity contribution is 0.100. The molecule has 0 saturated heterocycles. The zero-order valence-electron chi connectivity index (χ0n) is 16.0. The number of hydrogen-bond acceptors (Lipinski definition) is 6. The van der Waals surface area contributed by atoms with E-state index in [-0.39, 0.29) is 29.2 Å². The van der Waals surface area contributed by atoms with Gasteiger partial charge in [0.2, 0.25) is 0 Å². The quantitative estimate of drug-likeness (QED) is 0.495. The first kappa shape index (κ1) is 19.6. The van der Waals surface area contributed by atoms with Gasteiger partial charge in [-0.3, -0.25) is 9.48 Å². The number of nitrogens with one attached hydrogen (secondary N) is 2. The normalized spacial score (nSPS) is 13.3. The van der Waals surface area contributed by atoms with Crippen molar-refractivity contribution in [2.24, 2.45) is 18.5 Å². The number of benzene rings is 1. The number of pyridine rings is 1. The van der Waals surface area contributed by atoms with Crippen LogP contribution >= 0.6 is 0 Å². The topological polar surface area (TPSA) is 124 Å². The SMILES string of the molecule is CC[C@@H](Nc1c(Nc2ncccc2C(N)=O)cc2c(cnn2C)c1F)[C@H](C)N. The van der Waals surface area contributed by atoms with E-state index in [4.69, 9.17) is 11.5 Å². The van der Waals surface area contributed by atoms with E-state index in [1.54, 1.807) is 29.9 Å². The van der Waals surface area contributed by atoms with Gasteiger partial charge in [-0.1, -0.05) is 6.92 Å². The molecule has 1 aromatic carbocycles. The fraction of sp³-hybridized carbons (Fsp3) is 0.316. The largest absolute Gasteiger partial charge is 0.377 e. The number of carbonyl (C=O) groups is 1. The molecule has 0 aliphatic carbocycles. The molecule has 0 aliphatic rings. The van der Waals surface area contributed by atoms with E-state index in [2.05, 4.69) is 20.7 Å². The molecule has 148 valence electrons. The maximum Gasteiger partial charge on any atom is 0.252 e. The summed E-state index contributed by atoms with van der Waals surface area (Å²) in [5.74, 6) is -0.842. The second-order valence-electron chi connectivity index (χ2n) is 6.72. The Morgan fingerprint density at radius 3 is 2.82 bits per heavy atom. The van der Waals surface area contributed by atoms with Crippen molar-refractivity contribution in [2.75, 3.05) is 10.6 Å². The van der Waals surface area contributed by atoms with Crippen molar-refractivity contribution in [2.45, 2.75) is 32.4 Å². The molecule has 28 heavy (non-hydrogen) atoms. The van der Waals surface area contributed by atoms with Gasteiger partial charge < -0.3 is 22.1 Å². The van der Waals surface area contributed by atoms with E-state index in [0.717, 1.165) is 0 Å². The Labute approximate surface area is 162 Å². The van der Waals surface area contributed by atoms with Crippen LogP contribution < -0.4 is 22.1 Å². The predicted octanol–water partition coefficient (Wildman–Crippen LogP) is 2.49. The van der Waals surface area contributed by atoms with E-state index >= 15 is 4.39 Å². The fourth-order valence-corrected chi connectivity index (χ4v) is 3.11. The second kappa shape index (κ2) is 7.81. The molecule has 2 heterocycles. The monoisotopic (exact) mass is 385 g/mol. The van der Waals surface area contributed by atoms with Crippen molar-refractivity contribution >= 4 is 34.0 Å². The van der Waals surface area contributed by atoms with Gasteiger partial charge in [0.1, 0.15) is 5.82 Å². The summed E-state index contributed by atoms with van der Waals surface area (Å²) < 4.78 is 16.9. The number of rotatable bonds is 7. The van der Waals surface area contributed by atoms with Crippen LogP contribution in [0, 0.1) is 5.82 Å². The summed E-state index contributed by atoms with van der Waals surface area (Å²) in [5.41, 5.74) is 12.9. The van der Waals surface area contributed by atoms with Crippen LogP contribution in [0.4, 0.5) is 21.6 Å². The number of carbonyl (C=O) groups excluding carboxylic acids is 1. The molecule has 2 atom stereocenters. The highest BCUT2D eigenvalue weighted by Gasteiger charge is 2.21. The third kappa shape index (κ3) is 3.61. The number of fused-ring (bicyclic) bond motifs is 1. The zero-order chi connectivity index (χ0) is 20.4. The smallest absolute Gasteiger partial charge is 0.252 e. The third-order valence-electron chi connectivity index (χ3n) is 4.72. The molecule has 0 bridgehead atoms. The number of nitrogens with zero attached hydrogens (tertiary/aromatic N) is 3. The van der Waals surface area contributed by atoms with Crippen LogP contribution in [0.5, 0.6) is 0 Å². The molecular formula is C19H24FN7O. The third-order valence-corrected chi connectivity index (χ3v) is 4.72. The van der Waals surface area contributed by atoms with Crippen molar-refractivity contribution in [3.63, 3.8) is 0 Å². The van der Waals surface area contributed by atoms with Gasteiger partial charge in [-0.2, -0.15) is 5.10 Å². The van der Waals surface area contributed by atoms with Gasteiger partial charge in [-0.25, -0.2) is 9.37 Å². The average Bonchev–Trinajstić information content (AvgIpc) is 3.02. The first-order valence-electron chi connectivity index (χ1n) is 9.01. The highest BCUT2D eigenvalue weighted by molar-refractivity contribution is 5.99. The van der Waals surface area contributed by atoms with E-state index < -0.39 is 11.7 Å². The Hall–Kier alpha value is -3.20. The standard InChI is InChI=1S/C19H24FN7O/c1-4-13(10(2)21)25-17-14(8-15-12(16(17)20)9-24-27(15)3)26-19-11(18(22)28)6-5-7-23-19/h5-10,13,25H,4,21H2,1-3H3,(H2,22,28)(H,23,26)/t10-,13+/m0/s1. The summed E-state index contributed by atoms with van der Waals surface area (Å²) in [6, 6.07) is 4.57. The number of primary amides is 1. The molecule has 2 aromatic heterocycles. The molecule has 3 rings (SSSR count). The van der Waals surface area contributed by atoms with Gasteiger partial charge in [-0.05, 0) is 31.5 Å². The summed E-state index contributed by atoms with van der Waals surface area (Å²) in [6.45, 7) is 3.83. The number of hydrogen-bond donors (Lipinski definition) is 4. The number of halogens is 1. The molecular weight excluding hydrogens is 361 g/mol. The Kier molecular flexibility index (Phi) is 5.46.